The van der Waals surface area contributed by atoms with E-state index in [9.17, 15) is 0 Å². The van der Waals surface area contributed by atoms with Gasteiger partial charge in [-0.25, -0.2) is 0 Å². The van der Waals surface area contributed by atoms with Crippen molar-refractivity contribution in [1.29, 1.82) is 0 Å². The summed E-state index contributed by atoms with van der Waals surface area (Å²) in [6, 6.07) is 9.30. The van der Waals surface area contributed by atoms with Gasteiger partial charge in [0.2, 0.25) is 0 Å². The van der Waals surface area contributed by atoms with E-state index < -0.39 is 0 Å². The third kappa shape index (κ3) is 3.83. The number of hydrogen-bond donors (Lipinski definition) is 1. The Morgan fingerprint density at radius 3 is 2.43 bits per heavy atom. The Kier molecular flexibility index (Phi) is 5.77. The van der Waals surface area contributed by atoms with Gasteiger partial charge in [0.15, 0.2) is 0 Å². The van der Waals surface area contributed by atoms with E-state index in [-0.39, 0.29) is 0 Å². The Morgan fingerprint density at radius 1 is 1.00 bits per heavy atom. The molecular weight excluding hydrogens is 329 g/mol. The van der Waals surface area contributed by atoms with Crippen LogP contribution in [-0.4, -0.2) is 13.7 Å². The highest BCUT2D eigenvalue weighted by molar-refractivity contribution is 6.36. The molecule has 0 radical (unpaired) electrons. The van der Waals surface area contributed by atoms with Gasteiger partial charge in [-0.15, -0.1) is 0 Å². The van der Waals surface area contributed by atoms with Crippen molar-refractivity contribution in [2.24, 2.45) is 0 Å². The summed E-state index contributed by atoms with van der Waals surface area (Å²) < 4.78 is 5.46. The predicted molar refractivity (Wildman–Crippen MR) is 90.8 cm³/mol. The molecule has 2 aromatic carbocycles. The number of benzene rings is 2. The van der Waals surface area contributed by atoms with Gasteiger partial charge in [-0.05, 0) is 43.3 Å². The molecule has 0 aliphatic heterocycles. The monoisotopic (exact) mass is 343 g/mol. The summed E-state index contributed by atoms with van der Waals surface area (Å²) in [5.74, 6) is 0.594. The van der Waals surface area contributed by atoms with Gasteiger partial charge in [0.1, 0.15) is 5.75 Å². The molecular formula is C16H16Cl3NO. The lowest BCUT2D eigenvalue weighted by Gasteiger charge is -2.14. The van der Waals surface area contributed by atoms with Crippen LogP contribution < -0.4 is 10.1 Å². The van der Waals surface area contributed by atoms with Crippen molar-refractivity contribution in [2.75, 3.05) is 13.7 Å². The maximum atomic E-state index is 6.39. The maximum absolute atomic E-state index is 6.39. The van der Waals surface area contributed by atoms with Crippen LogP contribution in [0.15, 0.2) is 30.3 Å². The summed E-state index contributed by atoms with van der Waals surface area (Å²) in [7, 11) is 1.89. The van der Waals surface area contributed by atoms with E-state index >= 15 is 0 Å². The third-order valence-electron chi connectivity index (χ3n) is 3.05. The van der Waals surface area contributed by atoms with E-state index in [0.29, 0.717) is 34.0 Å². The highest BCUT2D eigenvalue weighted by Crippen LogP contribution is 2.38. The number of rotatable bonds is 5. The third-order valence-corrected chi connectivity index (χ3v) is 3.89. The summed E-state index contributed by atoms with van der Waals surface area (Å²) in [5.41, 5.74) is 2.93. The molecule has 0 aliphatic carbocycles. The fraction of sp³-hybridized carbons (Fsp3) is 0.250. The molecule has 0 saturated heterocycles. The molecule has 0 unspecified atom stereocenters. The van der Waals surface area contributed by atoms with E-state index in [4.69, 9.17) is 39.5 Å². The highest BCUT2D eigenvalue weighted by atomic mass is 35.5. The minimum atomic E-state index is 0.543. The van der Waals surface area contributed by atoms with Crippen LogP contribution in [0.5, 0.6) is 5.75 Å². The Bertz CT molecular complexity index is 644. The van der Waals surface area contributed by atoms with Gasteiger partial charge >= 0.3 is 0 Å². The summed E-state index contributed by atoms with van der Waals surface area (Å²) in [6.45, 7) is 3.14. The lowest BCUT2D eigenvalue weighted by molar-refractivity contribution is 0.340. The second-order valence-corrected chi connectivity index (χ2v) is 5.78. The van der Waals surface area contributed by atoms with Crippen molar-refractivity contribution >= 4 is 34.8 Å². The summed E-state index contributed by atoms with van der Waals surface area (Å²) >= 11 is 18.7. The van der Waals surface area contributed by atoms with Crippen molar-refractivity contribution in [1.82, 2.24) is 5.32 Å². The van der Waals surface area contributed by atoms with Gasteiger partial charge in [-0.3, -0.25) is 0 Å². The Balaban J connectivity index is 2.54. The van der Waals surface area contributed by atoms with E-state index in [0.717, 1.165) is 16.7 Å². The topological polar surface area (TPSA) is 21.3 Å². The van der Waals surface area contributed by atoms with Crippen LogP contribution in [-0.2, 0) is 6.54 Å². The number of ether oxygens (including phenoxy) is 1. The highest BCUT2D eigenvalue weighted by Gasteiger charge is 2.13. The molecule has 0 saturated carbocycles. The molecule has 0 atom stereocenters. The molecule has 0 amide bonds. The van der Waals surface area contributed by atoms with Crippen molar-refractivity contribution in [3.8, 4) is 16.9 Å². The van der Waals surface area contributed by atoms with Crippen LogP contribution in [0, 0.1) is 0 Å². The van der Waals surface area contributed by atoms with Crippen molar-refractivity contribution < 1.29 is 4.74 Å². The molecule has 2 nitrogen and oxygen atoms in total. The standard InChI is InChI=1S/C16H16Cl3NO/c1-3-21-16-8-14(18)13(7-15(16)19)12-5-4-11(17)6-10(12)9-20-2/h4-8,20H,3,9H2,1-2H3. The van der Waals surface area contributed by atoms with Gasteiger partial charge in [0.05, 0.1) is 16.7 Å². The van der Waals surface area contributed by atoms with E-state index in [1.165, 1.54) is 0 Å². The Morgan fingerprint density at radius 2 is 1.76 bits per heavy atom. The van der Waals surface area contributed by atoms with E-state index in [1.54, 1.807) is 6.07 Å². The van der Waals surface area contributed by atoms with Crippen LogP contribution >= 0.6 is 34.8 Å². The first-order valence-electron chi connectivity index (χ1n) is 6.62. The average Bonchev–Trinajstić information content (AvgIpc) is 2.44. The molecule has 21 heavy (non-hydrogen) atoms. The zero-order valence-corrected chi connectivity index (χ0v) is 14.1. The number of halogens is 3. The van der Waals surface area contributed by atoms with E-state index in [2.05, 4.69) is 5.32 Å². The molecule has 0 heterocycles. The fourth-order valence-electron chi connectivity index (χ4n) is 2.16. The SMILES string of the molecule is CCOc1cc(Cl)c(-c2ccc(Cl)cc2CNC)cc1Cl. The molecule has 1 N–H and O–H groups in total. The first kappa shape index (κ1) is 16.4. The largest absolute Gasteiger partial charge is 0.492 e. The minimum Gasteiger partial charge on any atom is -0.492 e. The van der Waals surface area contributed by atoms with Gasteiger partial charge in [0.25, 0.3) is 0 Å². The van der Waals surface area contributed by atoms with Crippen LogP contribution in [0.3, 0.4) is 0 Å². The summed E-state index contributed by atoms with van der Waals surface area (Å²) in [6.07, 6.45) is 0. The van der Waals surface area contributed by atoms with Crippen LogP contribution in [0.1, 0.15) is 12.5 Å². The molecule has 2 rings (SSSR count). The molecule has 0 fully saturated rings. The molecule has 0 spiro atoms. The first-order valence-corrected chi connectivity index (χ1v) is 7.75. The van der Waals surface area contributed by atoms with Crippen molar-refractivity contribution in [3.05, 3.63) is 51.0 Å². The summed E-state index contributed by atoms with van der Waals surface area (Å²) in [5, 5.41) is 4.96. The van der Waals surface area contributed by atoms with Gasteiger partial charge in [-0.1, -0.05) is 40.9 Å². The van der Waals surface area contributed by atoms with Crippen molar-refractivity contribution in [3.63, 3.8) is 0 Å². The summed E-state index contributed by atoms with van der Waals surface area (Å²) in [4.78, 5) is 0. The quantitative estimate of drug-likeness (QED) is 0.780. The lowest BCUT2D eigenvalue weighted by atomic mass is 9.99. The lowest BCUT2D eigenvalue weighted by Crippen LogP contribution is -2.06. The molecule has 2 aromatic rings. The first-order chi connectivity index (χ1) is 10.1. The predicted octanol–water partition coefficient (Wildman–Crippen LogP) is 5.43. The van der Waals surface area contributed by atoms with Crippen molar-refractivity contribution in [2.45, 2.75) is 13.5 Å². The molecule has 0 aliphatic rings. The normalized spacial score (nSPS) is 10.7. The maximum Gasteiger partial charge on any atom is 0.139 e. The average molecular weight is 345 g/mol. The van der Waals surface area contributed by atoms with Crippen LogP contribution in [0.25, 0.3) is 11.1 Å². The Hall–Kier alpha value is -0.930. The molecule has 0 bridgehead atoms. The van der Waals surface area contributed by atoms with Gasteiger partial charge < -0.3 is 10.1 Å². The molecule has 112 valence electrons. The van der Waals surface area contributed by atoms with Crippen LogP contribution in [0.4, 0.5) is 0 Å². The molecule has 5 heteroatoms. The second-order valence-electron chi connectivity index (χ2n) is 4.53. The number of hydrogen-bond acceptors (Lipinski definition) is 2. The zero-order valence-electron chi connectivity index (χ0n) is 11.8. The smallest absolute Gasteiger partial charge is 0.139 e. The van der Waals surface area contributed by atoms with E-state index in [1.807, 2.05) is 38.2 Å². The van der Waals surface area contributed by atoms with Gasteiger partial charge in [-0.2, -0.15) is 0 Å². The minimum absolute atomic E-state index is 0.543. The zero-order chi connectivity index (χ0) is 15.4. The Labute approximate surface area is 140 Å². The van der Waals surface area contributed by atoms with Crippen LogP contribution in [0.2, 0.25) is 15.1 Å². The fourth-order valence-corrected chi connectivity index (χ4v) is 2.83. The number of nitrogens with one attached hydrogen (secondary N) is 1. The van der Waals surface area contributed by atoms with Gasteiger partial charge in [0, 0.05) is 23.2 Å². The second kappa shape index (κ2) is 7.37. The molecule has 0 aromatic heterocycles.